The van der Waals surface area contributed by atoms with Gasteiger partial charge in [-0.2, -0.15) is 4.98 Å². The normalized spacial score (nSPS) is 16.7. The van der Waals surface area contributed by atoms with Crippen LogP contribution in [0.4, 0.5) is 11.5 Å². The molecule has 152 valence electrons. The van der Waals surface area contributed by atoms with Gasteiger partial charge in [0.2, 0.25) is 0 Å². The van der Waals surface area contributed by atoms with E-state index >= 15 is 0 Å². The minimum atomic E-state index is 0. The molecule has 0 bridgehead atoms. The lowest BCUT2D eigenvalue weighted by Gasteiger charge is -2.30. The summed E-state index contributed by atoms with van der Waals surface area (Å²) in [7, 11) is 1.64. The Morgan fingerprint density at radius 2 is 1.93 bits per heavy atom. The molecule has 2 aromatic rings. The second kappa shape index (κ2) is 9.18. The van der Waals surface area contributed by atoms with E-state index in [0.29, 0.717) is 39.2 Å². The highest BCUT2D eigenvalue weighted by Gasteiger charge is 2.19. The molecule has 1 N–H and O–H groups in total. The van der Waals surface area contributed by atoms with E-state index in [1.807, 2.05) is 0 Å². The molecule has 8 nitrogen and oxygen atoms in total. The Morgan fingerprint density at radius 1 is 1.14 bits per heavy atom. The molecule has 3 heterocycles. The highest BCUT2D eigenvalue weighted by Crippen LogP contribution is 2.28. The zero-order chi connectivity index (χ0) is 19.2. The third kappa shape index (κ3) is 4.70. The summed E-state index contributed by atoms with van der Waals surface area (Å²) >= 11 is 0. The Balaban J connectivity index is 0.00000240. The summed E-state index contributed by atoms with van der Waals surface area (Å²) in [4.78, 5) is 13.4. The smallest absolute Gasteiger partial charge is 0.318 e. The molecular formula is C20H29N5O3. The van der Waals surface area contributed by atoms with Gasteiger partial charge in [-0.05, 0) is 30.6 Å². The number of aromatic nitrogens is 2. The Kier molecular flexibility index (Phi) is 6.20. The van der Waals surface area contributed by atoms with Gasteiger partial charge in [-0.15, -0.1) is 0 Å². The Bertz CT molecular complexity index is 773. The van der Waals surface area contributed by atoms with Gasteiger partial charge in [0, 0.05) is 21.6 Å². The molecule has 1 aromatic carbocycles. The van der Waals surface area contributed by atoms with Crippen molar-refractivity contribution in [3.05, 3.63) is 41.6 Å². The molecule has 1 fully saturated rings. The van der Waals surface area contributed by atoms with E-state index in [0.717, 1.165) is 18.1 Å². The van der Waals surface area contributed by atoms with Gasteiger partial charge in [-0.1, -0.05) is 24.3 Å². The fourth-order valence-corrected chi connectivity index (χ4v) is 3.24. The topological polar surface area (TPSA) is 72.0 Å². The SMILES string of the molecule is COCCOc1ncc2c(n1)N(Cc1ccc(CN3CCC3)cc1)COCN2.[HH]. The van der Waals surface area contributed by atoms with E-state index in [2.05, 4.69) is 49.4 Å². The van der Waals surface area contributed by atoms with Crippen molar-refractivity contribution in [2.75, 3.05) is 57.1 Å². The summed E-state index contributed by atoms with van der Waals surface area (Å²) in [6.45, 7) is 5.95. The van der Waals surface area contributed by atoms with Gasteiger partial charge < -0.3 is 24.4 Å². The van der Waals surface area contributed by atoms with Crippen LogP contribution < -0.4 is 15.0 Å². The predicted octanol–water partition coefficient (Wildman–Crippen LogP) is 2.32. The number of rotatable bonds is 8. The van der Waals surface area contributed by atoms with Crippen LogP contribution in [0.15, 0.2) is 30.5 Å². The first-order chi connectivity index (χ1) is 13.8. The fraction of sp³-hybridized carbons (Fsp3) is 0.500. The van der Waals surface area contributed by atoms with Gasteiger partial charge in [0.1, 0.15) is 20.1 Å². The molecule has 2 aliphatic rings. The van der Waals surface area contributed by atoms with E-state index < -0.39 is 0 Å². The van der Waals surface area contributed by atoms with Crippen molar-refractivity contribution in [1.82, 2.24) is 14.9 Å². The molecule has 28 heavy (non-hydrogen) atoms. The Labute approximate surface area is 166 Å². The van der Waals surface area contributed by atoms with Crippen LogP contribution in [-0.4, -0.2) is 61.7 Å². The monoisotopic (exact) mass is 387 g/mol. The van der Waals surface area contributed by atoms with Crippen molar-refractivity contribution >= 4 is 11.5 Å². The number of likely N-dealkylation sites (tertiary alicyclic amines) is 1. The summed E-state index contributed by atoms with van der Waals surface area (Å²) < 4.78 is 16.3. The van der Waals surface area contributed by atoms with Crippen molar-refractivity contribution in [3.63, 3.8) is 0 Å². The number of methoxy groups -OCH3 is 1. The average molecular weight is 387 g/mol. The third-order valence-corrected chi connectivity index (χ3v) is 4.93. The second-order valence-electron chi connectivity index (χ2n) is 7.03. The van der Waals surface area contributed by atoms with Gasteiger partial charge in [-0.25, -0.2) is 4.98 Å². The Morgan fingerprint density at radius 3 is 2.64 bits per heavy atom. The van der Waals surface area contributed by atoms with E-state index in [4.69, 9.17) is 14.2 Å². The molecule has 1 aromatic heterocycles. The fourth-order valence-electron chi connectivity index (χ4n) is 3.24. The molecular weight excluding hydrogens is 358 g/mol. The molecule has 4 rings (SSSR count). The van der Waals surface area contributed by atoms with Crippen molar-refractivity contribution in [1.29, 1.82) is 0 Å². The number of hydrogen-bond donors (Lipinski definition) is 1. The van der Waals surface area contributed by atoms with Gasteiger partial charge in [0.25, 0.3) is 0 Å². The lowest BCUT2D eigenvalue weighted by atomic mass is 10.1. The third-order valence-electron chi connectivity index (χ3n) is 4.93. The zero-order valence-electron chi connectivity index (χ0n) is 16.3. The van der Waals surface area contributed by atoms with Crippen LogP contribution >= 0.6 is 0 Å². The van der Waals surface area contributed by atoms with Crippen LogP contribution in [0.1, 0.15) is 19.0 Å². The maximum atomic E-state index is 5.68. The van der Waals surface area contributed by atoms with Crippen molar-refractivity contribution in [2.45, 2.75) is 19.5 Å². The minimum Gasteiger partial charge on any atom is -0.461 e. The molecule has 8 heteroatoms. The average Bonchev–Trinajstić information content (AvgIpc) is 2.88. The van der Waals surface area contributed by atoms with Gasteiger partial charge in [-0.3, -0.25) is 4.90 Å². The number of fused-ring (bicyclic) bond motifs is 1. The van der Waals surface area contributed by atoms with Gasteiger partial charge in [0.05, 0.1) is 18.5 Å². The van der Waals surface area contributed by atoms with E-state index in [9.17, 15) is 0 Å². The van der Waals surface area contributed by atoms with Crippen LogP contribution in [0.2, 0.25) is 0 Å². The van der Waals surface area contributed by atoms with Crippen LogP contribution in [0.3, 0.4) is 0 Å². The van der Waals surface area contributed by atoms with Crippen LogP contribution in [0, 0.1) is 0 Å². The van der Waals surface area contributed by atoms with E-state index in [-0.39, 0.29) is 1.43 Å². The number of nitrogens with zero attached hydrogens (tertiary/aromatic N) is 4. The van der Waals surface area contributed by atoms with Crippen LogP contribution in [0.5, 0.6) is 6.01 Å². The first-order valence-corrected chi connectivity index (χ1v) is 9.67. The zero-order valence-corrected chi connectivity index (χ0v) is 16.3. The number of benzene rings is 1. The number of ether oxygens (including phenoxy) is 3. The van der Waals surface area contributed by atoms with Crippen molar-refractivity contribution in [3.8, 4) is 6.01 Å². The van der Waals surface area contributed by atoms with E-state index in [1.54, 1.807) is 13.3 Å². The lowest BCUT2D eigenvalue weighted by Crippen LogP contribution is -2.36. The second-order valence-corrected chi connectivity index (χ2v) is 7.03. The molecule has 0 spiro atoms. The molecule has 0 saturated carbocycles. The summed E-state index contributed by atoms with van der Waals surface area (Å²) in [5, 5.41) is 3.20. The quantitative estimate of drug-likeness (QED) is 0.692. The molecule has 0 radical (unpaired) electrons. The summed E-state index contributed by atoms with van der Waals surface area (Å²) in [6, 6.07) is 9.14. The standard InChI is InChI=1S/C20H27N5O3.H2/c1-26-9-10-28-20-21-11-18-19(23-20)25(15-27-14-22-18)13-17-5-3-16(4-6-17)12-24-7-2-8-24;/h3-6,11,22H,2,7-10,12-15H2,1H3;1H. The minimum absolute atomic E-state index is 0. The first-order valence-electron chi connectivity index (χ1n) is 9.67. The molecule has 0 atom stereocenters. The first kappa shape index (κ1) is 18.9. The molecule has 2 aliphatic heterocycles. The molecule has 0 amide bonds. The summed E-state index contributed by atoms with van der Waals surface area (Å²) in [5.74, 6) is 0.782. The highest BCUT2D eigenvalue weighted by molar-refractivity contribution is 5.65. The highest BCUT2D eigenvalue weighted by atomic mass is 16.5. The number of nitrogens with one attached hydrogen (secondary N) is 1. The summed E-state index contributed by atoms with van der Waals surface area (Å²) in [6.07, 6.45) is 3.06. The van der Waals surface area contributed by atoms with Gasteiger partial charge >= 0.3 is 6.01 Å². The largest absolute Gasteiger partial charge is 0.461 e. The maximum absolute atomic E-state index is 5.68. The lowest BCUT2D eigenvalue weighted by molar-refractivity contribution is 0.140. The van der Waals surface area contributed by atoms with Crippen molar-refractivity contribution in [2.24, 2.45) is 0 Å². The van der Waals surface area contributed by atoms with E-state index in [1.165, 1.54) is 30.6 Å². The summed E-state index contributed by atoms with van der Waals surface area (Å²) in [5.41, 5.74) is 3.41. The number of hydrogen-bond acceptors (Lipinski definition) is 8. The number of anilines is 2. The van der Waals surface area contributed by atoms with Crippen LogP contribution in [0.25, 0.3) is 0 Å². The predicted molar refractivity (Wildman–Crippen MR) is 108 cm³/mol. The molecule has 1 saturated heterocycles. The van der Waals surface area contributed by atoms with Crippen molar-refractivity contribution < 1.29 is 15.6 Å². The molecule has 0 aliphatic carbocycles. The molecule has 0 unspecified atom stereocenters. The van der Waals surface area contributed by atoms with Crippen LogP contribution in [-0.2, 0) is 22.6 Å². The Hall–Kier alpha value is -2.42. The maximum Gasteiger partial charge on any atom is 0.318 e. The van der Waals surface area contributed by atoms with Gasteiger partial charge in [0.15, 0.2) is 5.82 Å².